The largest absolute Gasteiger partial charge is 0.461 e. The number of hydrogen-bond donors (Lipinski definition) is 2. The molecule has 0 atom stereocenters. The molecule has 1 rings (SSSR count). The number of hydrogen-bond acceptors (Lipinski definition) is 3. The van der Waals surface area contributed by atoms with Crippen molar-refractivity contribution in [2.24, 2.45) is 0 Å². The van der Waals surface area contributed by atoms with E-state index in [2.05, 4.69) is 4.74 Å². The number of anilines is 2. The summed E-state index contributed by atoms with van der Waals surface area (Å²) in [5.74, 6) is -0.517. The lowest BCUT2D eigenvalue weighted by Crippen LogP contribution is -2.33. The monoisotopic (exact) mass is 238 g/mol. The molecule has 0 aliphatic carbocycles. The predicted octanol–water partition coefficient (Wildman–Crippen LogP) is 2.40. The fourth-order valence-electron chi connectivity index (χ4n) is 0.995. The number of halogens is 4. The van der Waals surface area contributed by atoms with Gasteiger partial charge in [-0.25, -0.2) is 0 Å². The maximum absolute atomic E-state index is 12.6. The van der Waals surface area contributed by atoms with E-state index in [1.165, 1.54) is 13.0 Å². The molecule has 1 aromatic rings. The molecule has 90 valence electrons. The molecule has 16 heavy (non-hydrogen) atoms. The number of ether oxygens (including phenoxy) is 1. The first kappa shape index (κ1) is 12.4. The summed E-state index contributed by atoms with van der Waals surface area (Å²) in [4.78, 5) is 0. The third-order valence-corrected chi connectivity index (χ3v) is 1.90. The highest BCUT2D eigenvalue weighted by atomic mass is 19.3. The smallest absolute Gasteiger partial charge is 0.426 e. The van der Waals surface area contributed by atoms with Crippen molar-refractivity contribution in [1.29, 1.82) is 0 Å². The summed E-state index contributed by atoms with van der Waals surface area (Å²) in [6, 6.07) is 2.26. The molecule has 7 heteroatoms. The van der Waals surface area contributed by atoms with Crippen LogP contribution in [0.4, 0.5) is 28.9 Å². The number of rotatable bonds is 3. The number of nitrogens with two attached hydrogens (primary N) is 2. The van der Waals surface area contributed by atoms with Crippen LogP contribution in [0.2, 0.25) is 0 Å². The van der Waals surface area contributed by atoms with Gasteiger partial charge in [-0.1, -0.05) is 0 Å². The molecule has 0 spiro atoms. The number of benzene rings is 1. The minimum atomic E-state index is -4.57. The first-order chi connectivity index (χ1) is 7.24. The first-order valence-corrected chi connectivity index (χ1v) is 4.24. The molecule has 3 nitrogen and oxygen atoms in total. The van der Waals surface area contributed by atoms with Crippen LogP contribution in [-0.2, 0) is 0 Å². The summed E-state index contributed by atoms with van der Waals surface area (Å²) in [6.45, 7) is 1.52. The van der Waals surface area contributed by atoms with E-state index in [9.17, 15) is 17.6 Å². The average molecular weight is 238 g/mol. The van der Waals surface area contributed by atoms with Crippen LogP contribution in [-0.4, -0.2) is 12.5 Å². The van der Waals surface area contributed by atoms with Crippen molar-refractivity contribution < 1.29 is 22.3 Å². The molecule has 0 saturated carbocycles. The molecular weight excluding hydrogens is 228 g/mol. The maximum Gasteiger partial charge on any atom is 0.461 e. The van der Waals surface area contributed by atoms with Crippen LogP contribution in [0, 0.1) is 6.92 Å². The van der Waals surface area contributed by atoms with E-state index in [0.717, 1.165) is 6.07 Å². The Bertz CT molecular complexity index is 395. The Labute approximate surface area is 89.0 Å². The molecule has 0 fully saturated rings. The molecule has 0 aliphatic heterocycles. The van der Waals surface area contributed by atoms with Crippen molar-refractivity contribution in [3.05, 3.63) is 17.7 Å². The summed E-state index contributed by atoms with van der Waals surface area (Å²) in [5.41, 5.74) is 11.2. The zero-order chi connectivity index (χ0) is 12.5. The quantitative estimate of drug-likeness (QED) is 0.627. The Morgan fingerprint density at radius 1 is 1.19 bits per heavy atom. The van der Waals surface area contributed by atoms with Crippen molar-refractivity contribution in [1.82, 2.24) is 0 Å². The molecule has 0 bridgehead atoms. The number of nitrogen functional groups attached to an aromatic ring is 2. The summed E-state index contributed by atoms with van der Waals surface area (Å²) >= 11 is 0. The van der Waals surface area contributed by atoms with E-state index < -0.39 is 18.3 Å². The second kappa shape index (κ2) is 4.07. The van der Waals surface area contributed by atoms with Gasteiger partial charge >= 0.3 is 12.5 Å². The molecule has 0 radical (unpaired) electrons. The fourth-order valence-corrected chi connectivity index (χ4v) is 0.995. The van der Waals surface area contributed by atoms with Crippen molar-refractivity contribution in [2.75, 3.05) is 11.5 Å². The Hall–Kier alpha value is -1.66. The molecular formula is C9H10F4N2O. The third kappa shape index (κ3) is 2.47. The van der Waals surface area contributed by atoms with Gasteiger partial charge in [0, 0.05) is 5.69 Å². The van der Waals surface area contributed by atoms with Gasteiger partial charge in [0.05, 0.1) is 5.69 Å². The van der Waals surface area contributed by atoms with Crippen molar-refractivity contribution >= 4 is 11.4 Å². The van der Waals surface area contributed by atoms with Crippen LogP contribution >= 0.6 is 0 Å². The molecule has 4 N–H and O–H groups in total. The van der Waals surface area contributed by atoms with E-state index in [-0.39, 0.29) is 11.4 Å². The zero-order valence-corrected chi connectivity index (χ0v) is 8.31. The number of alkyl halides is 4. The van der Waals surface area contributed by atoms with Crippen LogP contribution in [0.25, 0.3) is 0 Å². The highest BCUT2D eigenvalue weighted by Gasteiger charge is 2.44. The van der Waals surface area contributed by atoms with Gasteiger partial charge in [0.1, 0.15) is 5.75 Å². The van der Waals surface area contributed by atoms with Gasteiger partial charge in [-0.05, 0) is 24.6 Å². The SMILES string of the molecule is Cc1cc(OC(F)(F)C(F)F)c(N)cc1N. The van der Waals surface area contributed by atoms with E-state index in [0.29, 0.717) is 5.56 Å². The Morgan fingerprint density at radius 2 is 1.75 bits per heavy atom. The molecule has 1 aromatic carbocycles. The second-order valence-corrected chi connectivity index (χ2v) is 3.21. The lowest BCUT2D eigenvalue weighted by atomic mass is 10.1. The fraction of sp³-hybridized carbons (Fsp3) is 0.333. The topological polar surface area (TPSA) is 61.3 Å². The summed E-state index contributed by atoms with van der Waals surface area (Å²) in [7, 11) is 0. The van der Waals surface area contributed by atoms with Crippen LogP contribution in [0.1, 0.15) is 5.56 Å². The van der Waals surface area contributed by atoms with Gasteiger partial charge in [-0.3, -0.25) is 0 Å². The Balaban J connectivity index is 3.02. The summed E-state index contributed by atoms with van der Waals surface area (Å²) in [6.07, 6.45) is -8.50. The minimum Gasteiger partial charge on any atom is -0.426 e. The Morgan fingerprint density at radius 3 is 2.25 bits per heavy atom. The molecule has 0 heterocycles. The summed E-state index contributed by atoms with van der Waals surface area (Å²) in [5, 5.41) is 0. The van der Waals surface area contributed by atoms with Crippen LogP contribution in [0.15, 0.2) is 12.1 Å². The molecule has 0 aliphatic rings. The van der Waals surface area contributed by atoms with E-state index in [1.807, 2.05) is 0 Å². The van der Waals surface area contributed by atoms with Gasteiger partial charge in [0.15, 0.2) is 0 Å². The highest BCUT2D eigenvalue weighted by molar-refractivity contribution is 5.64. The summed E-state index contributed by atoms with van der Waals surface area (Å²) < 4.78 is 52.8. The van der Waals surface area contributed by atoms with Crippen molar-refractivity contribution in [3.8, 4) is 5.75 Å². The third-order valence-electron chi connectivity index (χ3n) is 1.90. The van der Waals surface area contributed by atoms with Crippen LogP contribution < -0.4 is 16.2 Å². The standard InChI is InChI=1S/C9H10F4N2O/c1-4-2-7(6(15)3-5(4)14)16-9(12,13)8(10)11/h2-3,8H,14-15H2,1H3. The highest BCUT2D eigenvalue weighted by Crippen LogP contribution is 2.33. The van der Waals surface area contributed by atoms with Gasteiger partial charge in [0.25, 0.3) is 0 Å². The minimum absolute atomic E-state index is 0.219. The predicted molar refractivity (Wildman–Crippen MR) is 51.6 cm³/mol. The second-order valence-electron chi connectivity index (χ2n) is 3.21. The maximum atomic E-state index is 12.6. The first-order valence-electron chi connectivity index (χ1n) is 4.24. The van der Waals surface area contributed by atoms with Crippen LogP contribution in [0.5, 0.6) is 5.75 Å². The van der Waals surface area contributed by atoms with Crippen LogP contribution in [0.3, 0.4) is 0 Å². The van der Waals surface area contributed by atoms with E-state index in [1.54, 1.807) is 0 Å². The zero-order valence-electron chi connectivity index (χ0n) is 8.31. The van der Waals surface area contributed by atoms with Crippen molar-refractivity contribution in [2.45, 2.75) is 19.5 Å². The lowest BCUT2D eigenvalue weighted by molar-refractivity contribution is -0.252. The van der Waals surface area contributed by atoms with E-state index in [4.69, 9.17) is 11.5 Å². The molecule has 0 unspecified atom stereocenters. The lowest BCUT2D eigenvalue weighted by Gasteiger charge is -2.18. The van der Waals surface area contributed by atoms with Crippen molar-refractivity contribution in [3.63, 3.8) is 0 Å². The normalized spacial score (nSPS) is 11.9. The van der Waals surface area contributed by atoms with Gasteiger partial charge in [0.2, 0.25) is 0 Å². The molecule has 0 saturated heterocycles. The van der Waals surface area contributed by atoms with Gasteiger partial charge in [-0.15, -0.1) is 0 Å². The van der Waals surface area contributed by atoms with Gasteiger partial charge in [-0.2, -0.15) is 17.6 Å². The van der Waals surface area contributed by atoms with Gasteiger partial charge < -0.3 is 16.2 Å². The Kier molecular flexibility index (Phi) is 3.16. The van der Waals surface area contributed by atoms with E-state index >= 15 is 0 Å². The molecule has 0 aromatic heterocycles. The molecule has 0 amide bonds. The average Bonchev–Trinajstić information content (AvgIpc) is 2.13. The number of aryl methyl sites for hydroxylation is 1.